The highest BCUT2D eigenvalue weighted by atomic mass is 32.2. The van der Waals surface area contributed by atoms with Gasteiger partial charge in [-0.25, -0.2) is 13.4 Å². The predicted octanol–water partition coefficient (Wildman–Crippen LogP) is 3.36. The van der Waals surface area contributed by atoms with Crippen LogP contribution in [0.2, 0.25) is 0 Å². The lowest BCUT2D eigenvalue weighted by atomic mass is 10.2. The molecule has 0 atom stereocenters. The van der Waals surface area contributed by atoms with E-state index in [0.29, 0.717) is 11.1 Å². The van der Waals surface area contributed by atoms with E-state index >= 15 is 0 Å². The zero-order valence-corrected chi connectivity index (χ0v) is 18.2. The minimum atomic E-state index is -4.30. The van der Waals surface area contributed by atoms with E-state index < -0.39 is 26.0 Å². The Hall–Kier alpha value is -3.37. The zero-order chi connectivity index (χ0) is 22.2. The molecule has 0 saturated carbocycles. The largest absolute Gasteiger partial charge is 0.495 e. The molecule has 2 aromatic carbocycles. The molecule has 160 valence electrons. The van der Waals surface area contributed by atoms with Crippen LogP contribution in [0.15, 0.2) is 82.7 Å². The summed E-state index contributed by atoms with van der Waals surface area (Å²) in [7, 11) is -7.07. The van der Waals surface area contributed by atoms with Crippen molar-refractivity contribution in [2.75, 3.05) is 7.11 Å². The minimum Gasteiger partial charge on any atom is -0.495 e. The van der Waals surface area contributed by atoms with Gasteiger partial charge in [-0.05, 0) is 37.3 Å². The molecule has 0 spiro atoms. The summed E-state index contributed by atoms with van der Waals surface area (Å²) in [5.74, 6) is -0.0186. The molecule has 31 heavy (non-hydrogen) atoms. The van der Waals surface area contributed by atoms with Crippen molar-refractivity contribution in [1.29, 1.82) is 0 Å². The fourth-order valence-electron chi connectivity index (χ4n) is 2.99. The number of pyridine rings is 1. The molecule has 0 fully saturated rings. The standard InChI is InChI=1S/C21H18N2O6S2/c1-15-8-10-19(11-9-15)31(26,27)29-20-13-16-12-17(28-2)14-22-21(16)23(20)30(24,25)18-6-4-3-5-7-18/h3-14H,1-2H3. The number of hydrogen-bond donors (Lipinski definition) is 0. The van der Waals surface area contributed by atoms with Gasteiger partial charge in [0.2, 0.25) is 5.88 Å². The Balaban J connectivity index is 1.92. The fraction of sp³-hybridized carbons (Fsp3) is 0.0952. The molecule has 0 aliphatic carbocycles. The van der Waals surface area contributed by atoms with E-state index in [1.165, 1.54) is 43.6 Å². The van der Waals surface area contributed by atoms with Crippen LogP contribution in [0.4, 0.5) is 0 Å². The first kappa shape index (κ1) is 20.9. The van der Waals surface area contributed by atoms with Crippen LogP contribution < -0.4 is 8.92 Å². The van der Waals surface area contributed by atoms with Crippen LogP contribution in [0.1, 0.15) is 5.56 Å². The SMILES string of the molecule is COc1cnc2c(c1)cc(OS(=O)(=O)c1ccc(C)cc1)n2S(=O)(=O)c1ccccc1. The van der Waals surface area contributed by atoms with Crippen molar-refractivity contribution < 1.29 is 25.8 Å². The number of aryl methyl sites for hydroxylation is 1. The maximum atomic E-state index is 13.4. The third kappa shape index (κ3) is 3.87. The molecule has 0 radical (unpaired) electrons. The molecular weight excluding hydrogens is 440 g/mol. The Kier molecular flexibility index (Phi) is 5.19. The van der Waals surface area contributed by atoms with E-state index in [4.69, 9.17) is 8.92 Å². The lowest BCUT2D eigenvalue weighted by Crippen LogP contribution is -2.18. The summed E-state index contributed by atoms with van der Waals surface area (Å²) in [5, 5.41) is 0.341. The highest BCUT2D eigenvalue weighted by Crippen LogP contribution is 2.32. The molecule has 0 N–H and O–H groups in total. The average Bonchev–Trinajstić information content (AvgIpc) is 3.11. The van der Waals surface area contributed by atoms with Crippen molar-refractivity contribution in [3.63, 3.8) is 0 Å². The van der Waals surface area contributed by atoms with Crippen molar-refractivity contribution in [1.82, 2.24) is 8.96 Å². The molecular formula is C21H18N2O6S2. The van der Waals surface area contributed by atoms with Gasteiger partial charge in [0.1, 0.15) is 10.6 Å². The number of rotatable bonds is 6. The van der Waals surface area contributed by atoms with Gasteiger partial charge < -0.3 is 8.92 Å². The number of methoxy groups -OCH3 is 1. The van der Waals surface area contributed by atoms with Crippen LogP contribution in [0.5, 0.6) is 11.6 Å². The number of hydrogen-bond acceptors (Lipinski definition) is 7. The van der Waals surface area contributed by atoms with Crippen LogP contribution in [0.3, 0.4) is 0 Å². The Labute approximate surface area is 179 Å². The fourth-order valence-corrected chi connectivity index (χ4v) is 5.37. The second kappa shape index (κ2) is 7.71. The molecule has 4 rings (SSSR count). The van der Waals surface area contributed by atoms with Gasteiger partial charge in [-0.15, -0.1) is 0 Å². The molecule has 4 aromatic rings. The van der Waals surface area contributed by atoms with Crippen molar-refractivity contribution in [3.05, 3.63) is 78.5 Å². The number of nitrogens with zero attached hydrogens (tertiary/aromatic N) is 2. The summed E-state index contributed by atoms with van der Waals surface area (Å²) >= 11 is 0. The Bertz CT molecular complexity index is 1460. The topological polar surface area (TPSA) is 105 Å². The summed E-state index contributed by atoms with van der Waals surface area (Å²) in [5.41, 5.74) is 0.884. The first-order chi connectivity index (χ1) is 14.7. The molecule has 0 bridgehead atoms. The minimum absolute atomic E-state index is 0.0127. The van der Waals surface area contributed by atoms with Crippen molar-refractivity contribution in [3.8, 4) is 11.6 Å². The van der Waals surface area contributed by atoms with Crippen LogP contribution in [0, 0.1) is 6.92 Å². The van der Waals surface area contributed by atoms with E-state index in [1.54, 1.807) is 36.4 Å². The first-order valence-corrected chi connectivity index (χ1v) is 11.9. The van der Waals surface area contributed by atoms with Gasteiger partial charge in [-0.3, -0.25) is 0 Å². The van der Waals surface area contributed by atoms with Crippen LogP contribution in [0.25, 0.3) is 11.0 Å². The molecule has 0 saturated heterocycles. The molecule has 2 aromatic heterocycles. The van der Waals surface area contributed by atoms with Crippen molar-refractivity contribution >= 4 is 31.2 Å². The zero-order valence-electron chi connectivity index (χ0n) is 16.6. The van der Waals surface area contributed by atoms with Crippen LogP contribution in [-0.2, 0) is 20.1 Å². The van der Waals surface area contributed by atoms with Gasteiger partial charge in [0, 0.05) is 11.5 Å². The van der Waals surface area contributed by atoms with Crippen molar-refractivity contribution in [2.45, 2.75) is 16.7 Å². The summed E-state index contributed by atoms with van der Waals surface area (Å²) in [6.45, 7) is 1.82. The van der Waals surface area contributed by atoms with Gasteiger partial charge in [-0.2, -0.15) is 12.4 Å². The first-order valence-electron chi connectivity index (χ1n) is 9.10. The quantitative estimate of drug-likeness (QED) is 0.408. The molecule has 0 unspecified atom stereocenters. The molecule has 8 nitrogen and oxygen atoms in total. The van der Waals surface area contributed by atoms with E-state index in [9.17, 15) is 16.8 Å². The maximum Gasteiger partial charge on any atom is 0.340 e. The third-order valence-corrected chi connectivity index (χ3v) is 7.50. The van der Waals surface area contributed by atoms with E-state index in [2.05, 4.69) is 4.98 Å². The monoisotopic (exact) mass is 458 g/mol. The molecule has 0 aliphatic rings. The maximum absolute atomic E-state index is 13.4. The van der Waals surface area contributed by atoms with E-state index in [0.717, 1.165) is 9.54 Å². The Morgan fingerprint density at radius 3 is 2.19 bits per heavy atom. The smallest absolute Gasteiger partial charge is 0.340 e. The summed E-state index contributed by atoms with van der Waals surface area (Å²) < 4.78 is 63.7. The normalized spacial score (nSPS) is 12.1. The average molecular weight is 459 g/mol. The highest BCUT2D eigenvalue weighted by Gasteiger charge is 2.28. The summed E-state index contributed by atoms with van der Waals surface area (Å²) in [4.78, 5) is 4.02. The second-order valence-corrected chi connectivity index (χ2v) is 10.0. The predicted molar refractivity (Wildman–Crippen MR) is 114 cm³/mol. The second-order valence-electron chi connectivity index (χ2n) is 6.70. The van der Waals surface area contributed by atoms with Gasteiger partial charge in [-0.1, -0.05) is 35.9 Å². The van der Waals surface area contributed by atoms with Gasteiger partial charge in [0.25, 0.3) is 10.0 Å². The molecule has 10 heteroatoms. The molecule has 0 aliphatic heterocycles. The molecule has 2 heterocycles. The Morgan fingerprint density at radius 2 is 1.55 bits per heavy atom. The number of fused-ring (bicyclic) bond motifs is 1. The Morgan fingerprint density at radius 1 is 0.871 bits per heavy atom. The van der Waals surface area contributed by atoms with Gasteiger partial charge in [0.05, 0.1) is 18.2 Å². The number of ether oxygens (including phenoxy) is 1. The number of aromatic nitrogens is 2. The summed E-state index contributed by atoms with van der Waals surface area (Å²) in [6.07, 6.45) is 1.34. The lowest BCUT2D eigenvalue weighted by Gasteiger charge is -2.12. The van der Waals surface area contributed by atoms with E-state index in [-0.39, 0.29) is 15.4 Å². The molecule has 0 amide bonds. The van der Waals surface area contributed by atoms with Gasteiger partial charge >= 0.3 is 10.1 Å². The van der Waals surface area contributed by atoms with Crippen LogP contribution in [-0.4, -0.2) is 32.9 Å². The lowest BCUT2D eigenvalue weighted by molar-refractivity contribution is 0.413. The van der Waals surface area contributed by atoms with E-state index in [1.807, 2.05) is 6.92 Å². The van der Waals surface area contributed by atoms with Crippen molar-refractivity contribution in [2.24, 2.45) is 0 Å². The third-order valence-electron chi connectivity index (χ3n) is 4.56. The van der Waals surface area contributed by atoms with Gasteiger partial charge in [0.15, 0.2) is 5.65 Å². The highest BCUT2D eigenvalue weighted by molar-refractivity contribution is 7.90. The summed E-state index contributed by atoms with van der Waals surface area (Å²) in [6, 6.07) is 16.5. The van der Waals surface area contributed by atoms with Crippen LogP contribution >= 0.6 is 0 Å². The number of benzene rings is 2.